The molecule has 1 heterocycles. The lowest BCUT2D eigenvalue weighted by molar-refractivity contribution is -0.136. The minimum atomic E-state index is -0.926. The van der Waals surface area contributed by atoms with Crippen molar-refractivity contribution in [1.82, 2.24) is 9.78 Å². The highest BCUT2D eigenvalue weighted by atomic mass is 19.1. The Balaban J connectivity index is 1.74. The van der Waals surface area contributed by atoms with Crippen molar-refractivity contribution < 1.29 is 19.0 Å². The molecule has 0 spiro atoms. The van der Waals surface area contributed by atoms with Gasteiger partial charge in [0.1, 0.15) is 18.2 Å². The first kappa shape index (κ1) is 20.6. The molecule has 4 aromatic rings. The second kappa shape index (κ2) is 8.57. The molecule has 0 atom stereocenters. The van der Waals surface area contributed by atoms with Gasteiger partial charge in [-0.3, -0.25) is 9.48 Å². The van der Waals surface area contributed by atoms with Gasteiger partial charge in [0.2, 0.25) is 0 Å². The van der Waals surface area contributed by atoms with Crippen molar-refractivity contribution in [3.05, 3.63) is 83.3 Å². The minimum Gasteiger partial charge on any atom is -0.489 e. The normalized spacial score (nSPS) is 11.1. The lowest BCUT2D eigenvalue weighted by atomic mass is 9.97. The van der Waals surface area contributed by atoms with Crippen LogP contribution in [0.25, 0.3) is 22.0 Å². The van der Waals surface area contributed by atoms with E-state index in [1.165, 1.54) is 0 Å². The van der Waals surface area contributed by atoms with Gasteiger partial charge in [-0.05, 0) is 29.3 Å². The zero-order valence-electron chi connectivity index (χ0n) is 17.0. The Kier molecular flexibility index (Phi) is 5.68. The molecule has 0 radical (unpaired) electrons. The number of halogens is 1. The van der Waals surface area contributed by atoms with E-state index in [1.54, 1.807) is 53.3 Å². The molecular weight excluding hydrogens is 397 g/mol. The molecule has 3 N–H and O–H groups in total. The van der Waals surface area contributed by atoms with Crippen LogP contribution in [-0.4, -0.2) is 20.9 Å². The van der Waals surface area contributed by atoms with Crippen LogP contribution in [0.15, 0.2) is 60.8 Å². The summed E-state index contributed by atoms with van der Waals surface area (Å²) in [5.41, 5.74) is 9.54. The molecule has 0 amide bonds. The predicted octanol–water partition coefficient (Wildman–Crippen LogP) is 4.04. The van der Waals surface area contributed by atoms with E-state index in [4.69, 9.17) is 15.6 Å². The molecule has 0 aliphatic carbocycles. The number of para-hydroxylation sites is 1. The monoisotopic (exact) mass is 419 g/mol. The average molecular weight is 419 g/mol. The van der Waals surface area contributed by atoms with Crippen molar-refractivity contribution in [2.45, 2.75) is 19.6 Å². The van der Waals surface area contributed by atoms with Gasteiger partial charge >= 0.3 is 5.97 Å². The van der Waals surface area contributed by atoms with Gasteiger partial charge in [0.15, 0.2) is 0 Å². The van der Waals surface area contributed by atoms with Crippen molar-refractivity contribution in [1.29, 1.82) is 0 Å². The van der Waals surface area contributed by atoms with Gasteiger partial charge in [-0.25, -0.2) is 4.39 Å². The van der Waals surface area contributed by atoms with Crippen LogP contribution in [0.5, 0.6) is 5.75 Å². The van der Waals surface area contributed by atoms with Crippen molar-refractivity contribution >= 4 is 16.9 Å². The van der Waals surface area contributed by atoms with Crippen LogP contribution in [0.1, 0.15) is 16.7 Å². The number of rotatable bonds is 7. The standard InChI is InChI=1S/C24H22FN3O3/c1-28-21-10-15(14-31-22-8-3-2-5-16(22)11-23(29)30)9-19(20(21)13-27-28)18-7-4-6-17(12-26)24(18)25/h2-10,13H,11-12,14,26H2,1H3,(H,29,30). The summed E-state index contributed by atoms with van der Waals surface area (Å²) < 4.78 is 22.7. The number of hydrogen-bond acceptors (Lipinski definition) is 4. The number of hydrogen-bond donors (Lipinski definition) is 2. The molecule has 1 aromatic heterocycles. The number of aromatic nitrogens is 2. The van der Waals surface area contributed by atoms with E-state index in [1.807, 2.05) is 19.2 Å². The van der Waals surface area contributed by atoms with Gasteiger partial charge in [-0.1, -0.05) is 36.4 Å². The van der Waals surface area contributed by atoms with E-state index < -0.39 is 5.97 Å². The first-order chi connectivity index (χ1) is 15.0. The van der Waals surface area contributed by atoms with Gasteiger partial charge < -0.3 is 15.6 Å². The van der Waals surface area contributed by atoms with E-state index >= 15 is 4.39 Å². The first-order valence-corrected chi connectivity index (χ1v) is 9.83. The molecular formula is C24H22FN3O3. The number of nitrogens with zero attached hydrogens (tertiary/aromatic N) is 2. The molecule has 0 unspecified atom stereocenters. The molecule has 0 aliphatic heterocycles. The summed E-state index contributed by atoms with van der Waals surface area (Å²) in [5, 5.41) is 14.3. The van der Waals surface area contributed by atoms with Gasteiger partial charge in [0.25, 0.3) is 0 Å². The fourth-order valence-electron chi connectivity index (χ4n) is 3.67. The Hall–Kier alpha value is -3.71. The molecule has 7 heteroatoms. The third kappa shape index (κ3) is 4.13. The van der Waals surface area contributed by atoms with Gasteiger partial charge in [0.05, 0.1) is 18.1 Å². The summed E-state index contributed by atoms with van der Waals surface area (Å²) in [5.74, 6) is -0.766. The van der Waals surface area contributed by atoms with Crippen molar-refractivity contribution in [2.75, 3.05) is 0 Å². The van der Waals surface area contributed by atoms with E-state index in [9.17, 15) is 4.79 Å². The Morgan fingerprint density at radius 2 is 1.90 bits per heavy atom. The Morgan fingerprint density at radius 3 is 2.68 bits per heavy atom. The fraction of sp³-hybridized carbons (Fsp3) is 0.167. The maximum absolute atomic E-state index is 15.1. The molecule has 3 aromatic carbocycles. The lowest BCUT2D eigenvalue weighted by Crippen LogP contribution is -2.04. The van der Waals surface area contributed by atoms with Crippen molar-refractivity contribution in [3.8, 4) is 16.9 Å². The predicted molar refractivity (Wildman–Crippen MR) is 116 cm³/mol. The van der Waals surface area contributed by atoms with Gasteiger partial charge in [-0.15, -0.1) is 0 Å². The molecule has 31 heavy (non-hydrogen) atoms. The summed E-state index contributed by atoms with van der Waals surface area (Å²) in [6.45, 7) is 0.308. The number of aryl methyl sites for hydroxylation is 1. The Bertz CT molecular complexity index is 1270. The highest BCUT2D eigenvalue weighted by Crippen LogP contribution is 2.33. The molecule has 0 aliphatic rings. The number of nitrogens with two attached hydrogens (primary N) is 1. The number of carboxylic acids is 1. The van der Waals surface area contributed by atoms with Crippen molar-refractivity contribution in [3.63, 3.8) is 0 Å². The first-order valence-electron chi connectivity index (χ1n) is 9.83. The SMILES string of the molecule is Cn1ncc2c(-c3cccc(CN)c3F)cc(COc3ccccc3CC(=O)O)cc21. The maximum atomic E-state index is 15.1. The van der Waals surface area contributed by atoms with Gasteiger partial charge in [0, 0.05) is 35.7 Å². The van der Waals surface area contributed by atoms with Crippen LogP contribution < -0.4 is 10.5 Å². The lowest BCUT2D eigenvalue weighted by Gasteiger charge is -2.13. The average Bonchev–Trinajstić information content (AvgIpc) is 3.13. The Morgan fingerprint density at radius 1 is 1.13 bits per heavy atom. The number of aliphatic carboxylic acids is 1. The molecule has 0 saturated heterocycles. The zero-order valence-corrected chi connectivity index (χ0v) is 17.0. The summed E-state index contributed by atoms with van der Waals surface area (Å²) in [7, 11) is 1.82. The maximum Gasteiger partial charge on any atom is 0.307 e. The number of carbonyl (C=O) groups is 1. The molecule has 0 fully saturated rings. The molecule has 4 rings (SSSR count). The van der Waals surface area contributed by atoms with E-state index in [-0.39, 0.29) is 25.4 Å². The van der Waals surface area contributed by atoms with E-state index in [0.717, 1.165) is 16.5 Å². The van der Waals surface area contributed by atoms with Crippen LogP contribution in [-0.2, 0) is 31.4 Å². The van der Waals surface area contributed by atoms with Crippen LogP contribution >= 0.6 is 0 Å². The van der Waals surface area contributed by atoms with E-state index in [0.29, 0.717) is 28.0 Å². The molecule has 0 bridgehead atoms. The summed E-state index contributed by atoms with van der Waals surface area (Å²) in [6.07, 6.45) is 1.59. The van der Waals surface area contributed by atoms with Crippen molar-refractivity contribution in [2.24, 2.45) is 12.8 Å². The van der Waals surface area contributed by atoms with Crippen LogP contribution in [0.4, 0.5) is 4.39 Å². The summed E-state index contributed by atoms with van der Waals surface area (Å²) >= 11 is 0. The Labute approximate surface area is 178 Å². The summed E-state index contributed by atoms with van der Waals surface area (Å²) in [6, 6.07) is 16.0. The second-order valence-electron chi connectivity index (χ2n) is 7.29. The zero-order chi connectivity index (χ0) is 22.0. The second-order valence-corrected chi connectivity index (χ2v) is 7.29. The largest absolute Gasteiger partial charge is 0.489 e. The number of carboxylic acid groups (broad SMARTS) is 1. The highest BCUT2D eigenvalue weighted by Gasteiger charge is 2.16. The topological polar surface area (TPSA) is 90.4 Å². The van der Waals surface area contributed by atoms with Crippen LogP contribution in [0, 0.1) is 5.82 Å². The third-order valence-electron chi connectivity index (χ3n) is 5.22. The fourth-order valence-corrected chi connectivity index (χ4v) is 3.67. The number of fused-ring (bicyclic) bond motifs is 1. The minimum absolute atomic E-state index is 0.110. The van der Waals surface area contributed by atoms with Crippen LogP contribution in [0.3, 0.4) is 0 Å². The summed E-state index contributed by atoms with van der Waals surface area (Å²) in [4.78, 5) is 11.1. The van der Waals surface area contributed by atoms with Gasteiger partial charge in [-0.2, -0.15) is 5.10 Å². The van der Waals surface area contributed by atoms with E-state index in [2.05, 4.69) is 5.10 Å². The molecule has 0 saturated carbocycles. The quantitative estimate of drug-likeness (QED) is 0.472. The molecule has 6 nitrogen and oxygen atoms in total. The third-order valence-corrected chi connectivity index (χ3v) is 5.22. The molecule has 158 valence electrons. The highest BCUT2D eigenvalue weighted by molar-refractivity contribution is 5.95. The smallest absolute Gasteiger partial charge is 0.307 e. The number of benzene rings is 3. The number of ether oxygens (including phenoxy) is 1. The van der Waals surface area contributed by atoms with Crippen LogP contribution in [0.2, 0.25) is 0 Å².